The molecule has 0 aliphatic heterocycles. The quantitative estimate of drug-likeness (QED) is 0.302. The largest absolute Gasteiger partial charge is 0.444 e. The van der Waals surface area contributed by atoms with Gasteiger partial charge in [-0.05, 0) is 43.9 Å². The second-order valence-electron chi connectivity index (χ2n) is 10.8. The predicted octanol–water partition coefficient (Wildman–Crippen LogP) is 5.81. The van der Waals surface area contributed by atoms with Gasteiger partial charge in [-0.1, -0.05) is 104 Å². The number of hydrogen-bond donors (Lipinski definition) is 2. The summed E-state index contributed by atoms with van der Waals surface area (Å²) in [5.41, 5.74) is 1.82. The zero-order chi connectivity index (χ0) is 29.0. The Balaban J connectivity index is 1.96. The molecule has 0 aliphatic rings. The van der Waals surface area contributed by atoms with Crippen molar-refractivity contribution in [3.05, 3.63) is 108 Å². The van der Waals surface area contributed by atoms with E-state index >= 15 is 0 Å². The van der Waals surface area contributed by atoms with Gasteiger partial charge in [0.25, 0.3) is 0 Å². The van der Waals surface area contributed by atoms with Gasteiger partial charge in [0.1, 0.15) is 17.7 Å². The number of nitrogens with zero attached hydrogens (tertiary/aromatic N) is 1. The maximum atomic E-state index is 14.3. The van der Waals surface area contributed by atoms with Crippen LogP contribution in [-0.2, 0) is 27.3 Å². The summed E-state index contributed by atoms with van der Waals surface area (Å²) < 4.78 is 5.50. The van der Waals surface area contributed by atoms with Gasteiger partial charge in [-0.15, -0.1) is 0 Å². The Hall–Kier alpha value is -4.13. The highest BCUT2D eigenvalue weighted by Crippen LogP contribution is 2.24. The number of carbonyl (C=O) groups excluding carboxylic acids is 3. The molecule has 2 atom stereocenters. The highest BCUT2D eigenvalue weighted by Gasteiger charge is 2.36. The van der Waals surface area contributed by atoms with Crippen molar-refractivity contribution in [3.8, 4) is 0 Å². The van der Waals surface area contributed by atoms with Crippen molar-refractivity contribution in [2.75, 3.05) is 6.54 Å². The molecule has 40 heavy (non-hydrogen) atoms. The van der Waals surface area contributed by atoms with Gasteiger partial charge in [0, 0.05) is 19.5 Å². The molecule has 0 saturated carbocycles. The van der Waals surface area contributed by atoms with Crippen molar-refractivity contribution in [2.24, 2.45) is 0 Å². The molecule has 2 unspecified atom stereocenters. The van der Waals surface area contributed by atoms with Crippen LogP contribution in [0.25, 0.3) is 0 Å². The predicted molar refractivity (Wildman–Crippen MR) is 157 cm³/mol. The van der Waals surface area contributed by atoms with E-state index in [1.54, 1.807) is 25.7 Å². The van der Waals surface area contributed by atoms with Gasteiger partial charge in [0.15, 0.2) is 0 Å². The van der Waals surface area contributed by atoms with Crippen LogP contribution in [0.4, 0.5) is 4.79 Å². The summed E-state index contributed by atoms with van der Waals surface area (Å²) in [6, 6.07) is 26.7. The van der Waals surface area contributed by atoms with Gasteiger partial charge in [-0.25, -0.2) is 4.79 Å². The first kappa shape index (κ1) is 30.4. The number of amides is 3. The van der Waals surface area contributed by atoms with Crippen LogP contribution in [0.2, 0.25) is 0 Å². The molecule has 0 bridgehead atoms. The third kappa shape index (κ3) is 9.56. The molecule has 7 nitrogen and oxygen atoms in total. The van der Waals surface area contributed by atoms with Crippen molar-refractivity contribution in [1.82, 2.24) is 15.5 Å². The molecule has 3 aromatic rings. The van der Waals surface area contributed by atoms with Gasteiger partial charge >= 0.3 is 6.09 Å². The number of carbonyl (C=O) groups is 3. The molecule has 0 heterocycles. The maximum Gasteiger partial charge on any atom is 0.408 e. The molecule has 3 amide bonds. The van der Waals surface area contributed by atoms with Gasteiger partial charge in [0.2, 0.25) is 11.8 Å². The van der Waals surface area contributed by atoms with E-state index in [1.807, 2.05) is 97.9 Å². The smallest absolute Gasteiger partial charge is 0.408 e. The van der Waals surface area contributed by atoms with E-state index in [4.69, 9.17) is 4.74 Å². The highest BCUT2D eigenvalue weighted by atomic mass is 16.6. The molecule has 3 rings (SSSR count). The molecule has 0 fully saturated rings. The van der Waals surface area contributed by atoms with Crippen molar-refractivity contribution >= 4 is 17.9 Å². The van der Waals surface area contributed by atoms with Crippen LogP contribution in [0.1, 0.15) is 63.3 Å². The van der Waals surface area contributed by atoms with Crippen molar-refractivity contribution < 1.29 is 19.1 Å². The summed E-state index contributed by atoms with van der Waals surface area (Å²) >= 11 is 0. The molecule has 0 radical (unpaired) electrons. The minimum atomic E-state index is -0.928. The minimum Gasteiger partial charge on any atom is -0.444 e. The Bertz CT molecular complexity index is 1210. The van der Waals surface area contributed by atoms with Gasteiger partial charge < -0.3 is 20.3 Å². The maximum absolute atomic E-state index is 14.3. The first-order valence-corrected chi connectivity index (χ1v) is 13.9. The Morgan fingerprint density at radius 3 is 1.93 bits per heavy atom. The molecular formula is C33H41N3O4. The summed E-state index contributed by atoms with van der Waals surface area (Å²) in [4.78, 5) is 42.6. The second kappa shape index (κ2) is 14.9. The summed E-state index contributed by atoms with van der Waals surface area (Å²) in [5.74, 6) is -0.623. The van der Waals surface area contributed by atoms with Crippen LogP contribution in [0.15, 0.2) is 91.0 Å². The lowest BCUT2D eigenvalue weighted by Gasteiger charge is -2.34. The zero-order valence-electron chi connectivity index (χ0n) is 23.9. The van der Waals surface area contributed by atoms with Crippen molar-refractivity contribution in [2.45, 2.75) is 71.2 Å². The Morgan fingerprint density at radius 2 is 1.38 bits per heavy atom. The number of unbranched alkanes of at least 4 members (excludes halogenated alkanes) is 1. The van der Waals surface area contributed by atoms with Crippen LogP contribution in [0.5, 0.6) is 0 Å². The first-order valence-electron chi connectivity index (χ1n) is 13.9. The lowest BCUT2D eigenvalue weighted by atomic mass is 10.00. The molecule has 0 saturated heterocycles. The Morgan fingerprint density at radius 1 is 0.825 bits per heavy atom. The third-order valence-electron chi connectivity index (χ3n) is 6.29. The lowest BCUT2D eigenvalue weighted by Crippen LogP contribution is -2.54. The van der Waals surface area contributed by atoms with E-state index < -0.39 is 23.8 Å². The number of nitrogens with one attached hydrogen (secondary N) is 2. The zero-order valence-corrected chi connectivity index (χ0v) is 23.9. The van der Waals surface area contributed by atoms with E-state index in [0.29, 0.717) is 25.1 Å². The number of benzene rings is 3. The Labute approximate surface area is 237 Å². The Kier molecular flexibility index (Phi) is 11.3. The van der Waals surface area contributed by atoms with Gasteiger partial charge in [-0.3, -0.25) is 9.59 Å². The van der Waals surface area contributed by atoms with Crippen LogP contribution >= 0.6 is 0 Å². The fraction of sp³-hybridized carbons (Fsp3) is 0.364. The molecule has 3 aromatic carbocycles. The molecule has 0 spiro atoms. The molecule has 7 heteroatoms. The first-order chi connectivity index (χ1) is 19.2. The second-order valence-corrected chi connectivity index (χ2v) is 10.8. The van der Waals surface area contributed by atoms with Crippen molar-refractivity contribution in [1.29, 1.82) is 0 Å². The summed E-state index contributed by atoms with van der Waals surface area (Å²) in [5, 5.41) is 5.82. The van der Waals surface area contributed by atoms with Crippen LogP contribution < -0.4 is 10.6 Å². The monoisotopic (exact) mass is 543 g/mol. The fourth-order valence-corrected chi connectivity index (χ4v) is 4.38. The van der Waals surface area contributed by atoms with E-state index in [-0.39, 0.29) is 18.2 Å². The van der Waals surface area contributed by atoms with Crippen molar-refractivity contribution in [3.63, 3.8) is 0 Å². The van der Waals surface area contributed by atoms with E-state index in [2.05, 4.69) is 10.6 Å². The topological polar surface area (TPSA) is 87.7 Å². The normalized spacial score (nSPS) is 12.6. The van der Waals surface area contributed by atoms with Crippen LogP contribution in [0.3, 0.4) is 0 Å². The average Bonchev–Trinajstić information content (AvgIpc) is 2.94. The van der Waals surface area contributed by atoms with E-state index in [1.165, 1.54) is 0 Å². The SMILES string of the molecule is CCCCN(C(=O)C(Cc1ccccc1)NC(=O)OC(C)(C)C)C(C(=O)NCc1ccccc1)c1ccccc1. The number of rotatable bonds is 12. The standard InChI is InChI=1S/C33H41N3O4/c1-5-6-22-36(29(27-20-14-9-15-21-27)30(37)34-24-26-18-12-8-13-19-26)31(38)28(23-25-16-10-7-11-17-25)35-32(39)40-33(2,3)4/h7-21,28-29H,5-6,22-24H2,1-4H3,(H,34,37)(H,35,39). The molecule has 0 aliphatic carbocycles. The molecular weight excluding hydrogens is 502 g/mol. The number of alkyl carbamates (subject to hydrolysis) is 1. The van der Waals surface area contributed by atoms with E-state index in [0.717, 1.165) is 17.5 Å². The summed E-state index contributed by atoms with van der Waals surface area (Å²) in [7, 11) is 0. The molecule has 212 valence electrons. The lowest BCUT2D eigenvalue weighted by molar-refractivity contribution is -0.142. The van der Waals surface area contributed by atoms with Crippen LogP contribution in [0, 0.1) is 0 Å². The number of hydrogen-bond acceptors (Lipinski definition) is 4. The molecule has 2 N–H and O–H groups in total. The minimum absolute atomic E-state index is 0.259. The van der Waals surface area contributed by atoms with Gasteiger partial charge in [-0.2, -0.15) is 0 Å². The van der Waals surface area contributed by atoms with Gasteiger partial charge in [0.05, 0.1) is 0 Å². The summed E-state index contributed by atoms with van der Waals surface area (Å²) in [6.07, 6.45) is 1.11. The van der Waals surface area contributed by atoms with Crippen LogP contribution in [-0.4, -0.2) is 41.0 Å². The average molecular weight is 544 g/mol. The fourth-order valence-electron chi connectivity index (χ4n) is 4.38. The number of ether oxygens (including phenoxy) is 1. The summed E-state index contributed by atoms with van der Waals surface area (Å²) in [6.45, 7) is 8.05. The van der Waals surface area contributed by atoms with E-state index in [9.17, 15) is 14.4 Å². The highest BCUT2D eigenvalue weighted by molar-refractivity contribution is 5.92. The molecule has 0 aromatic heterocycles. The third-order valence-corrected chi connectivity index (χ3v) is 6.29.